The number of nitrogens with one attached hydrogen (secondary N) is 1. The van der Waals surface area contributed by atoms with Gasteiger partial charge in [-0.15, -0.1) is 0 Å². The number of carboxylic acids is 1. The molecule has 1 aromatic carbocycles. The van der Waals surface area contributed by atoms with E-state index in [1.165, 1.54) is 18.3 Å². The van der Waals surface area contributed by atoms with Gasteiger partial charge in [0.1, 0.15) is 28.0 Å². The molecule has 1 amide bonds. The van der Waals surface area contributed by atoms with Gasteiger partial charge in [-0.2, -0.15) is 0 Å². The van der Waals surface area contributed by atoms with Crippen molar-refractivity contribution in [2.24, 2.45) is 0 Å². The second kappa shape index (κ2) is 6.75. The number of hydrogen-bond acceptors (Lipinski definition) is 4. The van der Waals surface area contributed by atoms with E-state index in [1.807, 2.05) is 0 Å². The summed E-state index contributed by atoms with van der Waals surface area (Å²) in [5.74, 6) is -2.47. The van der Waals surface area contributed by atoms with Crippen LogP contribution in [0.3, 0.4) is 0 Å². The van der Waals surface area contributed by atoms with Gasteiger partial charge in [0.05, 0.1) is 0 Å². The minimum absolute atomic E-state index is 0.218. The molecule has 9 heteroatoms. The number of carbonyl (C=O) groups is 2. The van der Waals surface area contributed by atoms with Crippen molar-refractivity contribution in [3.8, 4) is 16.9 Å². The lowest BCUT2D eigenvalue weighted by molar-refractivity contribution is -0.135. The molecule has 0 spiro atoms. The second-order valence-corrected chi connectivity index (χ2v) is 5.00. The van der Waals surface area contributed by atoms with Crippen LogP contribution >= 0.6 is 11.6 Å². The van der Waals surface area contributed by atoms with E-state index in [0.29, 0.717) is 16.6 Å². The summed E-state index contributed by atoms with van der Waals surface area (Å²) in [5, 5.41) is 20.9. The molecular weight excluding hydrogens is 317 g/mol. The van der Waals surface area contributed by atoms with E-state index in [2.05, 4.69) is 10.3 Å². The number of hydrogen-bond donors (Lipinski definition) is 3. The van der Waals surface area contributed by atoms with E-state index in [4.69, 9.17) is 32.4 Å². The molecular formula is C14H9B2ClN2O4. The van der Waals surface area contributed by atoms with Crippen molar-refractivity contribution >= 4 is 50.1 Å². The molecule has 112 valence electrons. The number of aliphatic carboxylic acids is 1. The van der Waals surface area contributed by atoms with Crippen LogP contribution in [-0.4, -0.2) is 49.3 Å². The van der Waals surface area contributed by atoms with E-state index in [9.17, 15) is 14.7 Å². The lowest BCUT2D eigenvalue weighted by Gasteiger charge is -2.13. The summed E-state index contributed by atoms with van der Waals surface area (Å²) in [6.45, 7) is -0.587. The number of amides is 1. The SMILES string of the molecule is [B]c1ccc(Cl)c([B])c1-c1cnc(C(=O)NCC(=O)O)c(O)c1. The molecule has 1 heterocycles. The zero-order valence-corrected chi connectivity index (χ0v) is 12.5. The van der Waals surface area contributed by atoms with E-state index in [1.54, 1.807) is 6.07 Å². The zero-order chi connectivity index (χ0) is 17.1. The van der Waals surface area contributed by atoms with Gasteiger partial charge < -0.3 is 15.5 Å². The average molecular weight is 326 g/mol. The van der Waals surface area contributed by atoms with Crippen molar-refractivity contribution in [1.29, 1.82) is 0 Å². The lowest BCUT2D eigenvalue weighted by atomic mass is 9.78. The molecule has 2 aromatic rings. The fourth-order valence-corrected chi connectivity index (χ4v) is 2.10. The number of rotatable bonds is 4. The molecule has 1 aromatic heterocycles. The van der Waals surface area contributed by atoms with Crippen molar-refractivity contribution in [2.45, 2.75) is 0 Å². The van der Waals surface area contributed by atoms with E-state index in [-0.39, 0.29) is 16.2 Å². The fourth-order valence-electron chi connectivity index (χ4n) is 1.94. The van der Waals surface area contributed by atoms with E-state index < -0.39 is 24.2 Å². The largest absolute Gasteiger partial charge is 0.505 e. The Hall–Kier alpha value is -2.47. The Labute approximate surface area is 139 Å². The molecule has 0 atom stereocenters. The smallest absolute Gasteiger partial charge is 0.322 e. The molecule has 0 aliphatic carbocycles. The Morgan fingerprint density at radius 1 is 1.30 bits per heavy atom. The van der Waals surface area contributed by atoms with Gasteiger partial charge in [0.25, 0.3) is 5.91 Å². The minimum Gasteiger partial charge on any atom is -0.505 e. The molecule has 0 aliphatic heterocycles. The fraction of sp³-hybridized carbons (Fsp3) is 0.0714. The molecule has 0 bridgehead atoms. The topological polar surface area (TPSA) is 99.5 Å². The summed E-state index contributed by atoms with van der Waals surface area (Å²) >= 11 is 5.94. The highest BCUT2D eigenvalue weighted by Gasteiger charge is 2.16. The van der Waals surface area contributed by atoms with Gasteiger partial charge in [0.15, 0.2) is 5.69 Å². The number of aromatic nitrogens is 1. The summed E-state index contributed by atoms with van der Waals surface area (Å²) in [4.78, 5) is 26.0. The molecule has 4 radical (unpaired) electrons. The number of carboxylic acid groups (broad SMARTS) is 1. The molecule has 0 fully saturated rings. The molecule has 0 unspecified atom stereocenters. The molecule has 0 aliphatic rings. The Morgan fingerprint density at radius 2 is 2.00 bits per heavy atom. The van der Waals surface area contributed by atoms with Crippen LogP contribution in [0.15, 0.2) is 24.4 Å². The quantitative estimate of drug-likeness (QED) is 0.659. The molecule has 6 nitrogen and oxygen atoms in total. The maximum absolute atomic E-state index is 11.7. The third kappa shape index (κ3) is 3.65. The Balaban J connectivity index is 2.39. The first-order valence-corrected chi connectivity index (χ1v) is 6.72. The van der Waals surface area contributed by atoms with Gasteiger partial charge in [0, 0.05) is 16.8 Å². The highest BCUT2D eigenvalue weighted by Crippen LogP contribution is 2.23. The predicted molar refractivity (Wildman–Crippen MR) is 87.1 cm³/mol. The summed E-state index contributed by atoms with van der Waals surface area (Å²) in [6.07, 6.45) is 1.29. The van der Waals surface area contributed by atoms with Gasteiger partial charge in [-0.1, -0.05) is 28.6 Å². The van der Waals surface area contributed by atoms with Crippen molar-refractivity contribution in [1.82, 2.24) is 10.3 Å². The van der Waals surface area contributed by atoms with Crippen LogP contribution < -0.4 is 16.2 Å². The normalized spacial score (nSPS) is 10.3. The van der Waals surface area contributed by atoms with Crippen LogP contribution in [0.1, 0.15) is 10.5 Å². The number of carbonyl (C=O) groups excluding carboxylic acids is 1. The zero-order valence-electron chi connectivity index (χ0n) is 11.7. The van der Waals surface area contributed by atoms with Crippen LogP contribution in [0.2, 0.25) is 5.02 Å². The van der Waals surface area contributed by atoms with Crippen molar-refractivity contribution in [2.75, 3.05) is 6.54 Å². The number of halogens is 1. The number of pyridine rings is 1. The van der Waals surface area contributed by atoms with Gasteiger partial charge in [-0.05, 0) is 17.7 Å². The van der Waals surface area contributed by atoms with Gasteiger partial charge in [-0.25, -0.2) is 4.98 Å². The number of benzene rings is 1. The Kier molecular flexibility index (Phi) is 4.95. The third-order valence-corrected chi connectivity index (χ3v) is 3.33. The summed E-state index contributed by atoms with van der Waals surface area (Å²) < 4.78 is 0. The maximum Gasteiger partial charge on any atom is 0.322 e. The van der Waals surface area contributed by atoms with E-state index in [0.717, 1.165) is 0 Å². The standard InChI is InChI=1S/C14H9B2ClN2O4/c15-7-1-2-8(17)12(16)11(7)6-3-9(20)13(18-4-6)14(23)19-5-10(21)22/h1-4,20H,5H2,(H,19,23)(H,21,22). The minimum atomic E-state index is -1.21. The molecule has 3 N–H and O–H groups in total. The lowest BCUT2D eigenvalue weighted by Crippen LogP contribution is -2.30. The summed E-state index contributed by atoms with van der Waals surface area (Å²) in [5.41, 5.74) is 0.994. The summed E-state index contributed by atoms with van der Waals surface area (Å²) in [6, 6.07) is 4.34. The van der Waals surface area contributed by atoms with Gasteiger partial charge in [-0.3, -0.25) is 9.59 Å². The Bertz CT molecular complexity index is 799. The first-order valence-electron chi connectivity index (χ1n) is 6.34. The van der Waals surface area contributed by atoms with Crippen LogP contribution in [0.5, 0.6) is 5.75 Å². The second-order valence-electron chi connectivity index (χ2n) is 4.59. The van der Waals surface area contributed by atoms with Crippen molar-refractivity contribution in [3.63, 3.8) is 0 Å². The average Bonchev–Trinajstić information content (AvgIpc) is 2.49. The third-order valence-electron chi connectivity index (χ3n) is 3.00. The van der Waals surface area contributed by atoms with Gasteiger partial charge >= 0.3 is 5.97 Å². The van der Waals surface area contributed by atoms with Crippen LogP contribution in [0.4, 0.5) is 0 Å². The van der Waals surface area contributed by atoms with Crippen LogP contribution in [0, 0.1) is 0 Å². The maximum atomic E-state index is 11.7. The highest BCUT2D eigenvalue weighted by atomic mass is 35.5. The monoisotopic (exact) mass is 326 g/mol. The van der Waals surface area contributed by atoms with Crippen molar-refractivity contribution in [3.05, 3.63) is 35.1 Å². The first-order chi connectivity index (χ1) is 10.8. The van der Waals surface area contributed by atoms with Crippen LogP contribution in [-0.2, 0) is 4.79 Å². The van der Waals surface area contributed by atoms with Crippen molar-refractivity contribution < 1.29 is 19.8 Å². The van der Waals surface area contributed by atoms with E-state index >= 15 is 0 Å². The first kappa shape index (κ1) is 16.9. The molecule has 2 rings (SSSR count). The Morgan fingerprint density at radius 3 is 2.61 bits per heavy atom. The predicted octanol–water partition coefficient (Wildman–Crippen LogP) is -0.490. The van der Waals surface area contributed by atoms with Crippen LogP contribution in [0.25, 0.3) is 11.1 Å². The number of aromatic hydroxyl groups is 1. The molecule has 0 saturated carbocycles. The highest BCUT2D eigenvalue weighted by molar-refractivity contribution is 6.50. The molecule has 0 saturated heterocycles. The number of nitrogens with zero attached hydrogens (tertiary/aromatic N) is 1. The molecule has 23 heavy (non-hydrogen) atoms. The summed E-state index contributed by atoms with van der Waals surface area (Å²) in [7, 11) is 11.7. The van der Waals surface area contributed by atoms with Gasteiger partial charge in [0.2, 0.25) is 0 Å².